The Kier molecular flexibility index (Phi) is 3.39. The predicted octanol–water partition coefficient (Wildman–Crippen LogP) is 1.62. The van der Waals surface area contributed by atoms with Crippen molar-refractivity contribution < 1.29 is 9.47 Å². The predicted molar refractivity (Wildman–Crippen MR) is 51.3 cm³/mol. The highest BCUT2D eigenvalue weighted by Crippen LogP contribution is 2.34. The van der Waals surface area contributed by atoms with Gasteiger partial charge in [0.05, 0.1) is 24.8 Å². The molecule has 0 aliphatic carbocycles. The van der Waals surface area contributed by atoms with Crippen LogP contribution < -0.4 is 15.2 Å². The van der Waals surface area contributed by atoms with Crippen LogP contribution in [-0.4, -0.2) is 14.2 Å². The first-order valence-electron chi connectivity index (χ1n) is 3.75. The van der Waals surface area contributed by atoms with E-state index in [0.29, 0.717) is 23.1 Å². The van der Waals surface area contributed by atoms with Crippen LogP contribution in [0, 0.1) is 6.07 Å². The lowest BCUT2D eigenvalue weighted by molar-refractivity contribution is 0.385. The standard InChI is InChI=1S/C9H11ClNO2/c1-12-8-4-3-7(10)9(13-2)6(8)5-11/h4H,5,11H2,1-2H3. The second-order valence-electron chi connectivity index (χ2n) is 2.39. The molecule has 0 spiro atoms. The molecule has 0 aliphatic heterocycles. The Morgan fingerprint density at radius 1 is 1.46 bits per heavy atom. The number of methoxy groups -OCH3 is 2. The van der Waals surface area contributed by atoms with E-state index in [1.54, 1.807) is 13.2 Å². The molecule has 13 heavy (non-hydrogen) atoms. The van der Waals surface area contributed by atoms with Gasteiger partial charge in [-0.2, -0.15) is 0 Å². The summed E-state index contributed by atoms with van der Waals surface area (Å²) >= 11 is 5.85. The van der Waals surface area contributed by atoms with Crippen molar-refractivity contribution in [2.75, 3.05) is 14.2 Å². The summed E-state index contributed by atoms with van der Waals surface area (Å²) in [5, 5.41) is 0.420. The maximum absolute atomic E-state index is 5.85. The van der Waals surface area contributed by atoms with E-state index in [9.17, 15) is 0 Å². The summed E-state index contributed by atoms with van der Waals surface area (Å²) in [5.74, 6) is 1.17. The van der Waals surface area contributed by atoms with E-state index in [0.717, 1.165) is 5.56 Å². The summed E-state index contributed by atoms with van der Waals surface area (Å²) in [5.41, 5.74) is 6.30. The van der Waals surface area contributed by atoms with Crippen LogP contribution >= 0.6 is 11.6 Å². The number of benzene rings is 1. The van der Waals surface area contributed by atoms with Crippen LogP contribution in [0.2, 0.25) is 5.02 Å². The van der Waals surface area contributed by atoms with Crippen LogP contribution in [0.4, 0.5) is 0 Å². The van der Waals surface area contributed by atoms with Crippen molar-refractivity contribution in [2.24, 2.45) is 5.73 Å². The van der Waals surface area contributed by atoms with Crippen LogP contribution in [0.5, 0.6) is 11.5 Å². The summed E-state index contributed by atoms with van der Waals surface area (Å²) in [6.07, 6.45) is 0. The Morgan fingerprint density at radius 2 is 2.15 bits per heavy atom. The first-order chi connectivity index (χ1) is 6.24. The van der Waals surface area contributed by atoms with Gasteiger partial charge < -0.3 is 15.2 Å². The zero-order valence-corrected chi connectivity index (χ0v) is 8.31. The van der Waals surface area contributed by atoms with Gasteiger partial charge in [0.25, 0.3) is 0 Å². The molecule has 1 aromatic carbocycles. The second-order valence-corrected chi connectivity index (χ2v) is 2.76. The first-order valence-corrected chi connectivity index (χ1v) is 4.13. The summed E-state index contributed by atoms with van der Waals surface area (Å²) in [6, 6.07) is 4.45. The Labute approximate surface area is 82.4 Å². The number of nitrogens with two attached hydrogens (primary N) is 1. The SMILES string of the molecule is COc1c[c]c(Cl)c(OC)c1CN. The van der Waals surface area contributed by atoms with Gasteiger partial charge in [-0.1, -0.05) is 11.6 Å². The Hall–Kier alpha value is -0.930. The molecule has 0 fully saturated rings. The van der Waals surface area contributed by atoms with E-state index in [4.69, 9.17) is 26.8 Å². The molecule has 0 aliphatic rings. The van der Waals surface area contributed by atoms with Gasteiger partial charge in [0, 0.05) is 12.6 Å². The molecule has 0 atom stereocenters. The van der Waals surface area contributed by atoms with Crippen molar-refractivity contribution in [2.45, 2.75) is 6.54 Å². The summed E-state index contributed by atoms with van der Waals surface area (Å²) in [6.45, 7) is 0.320. The molecule has 0 saturated carbocycles. The molecule has 4 heteroatoms. The lowest BCUT2D eigenvalue weighted by Gasteiger charge is -2.12. The van der Waals surface area contributed by atoms with Gasteiger partial charge in [-0.3, -0.25) is 0 Å². The number of hydrogen-bond acceptors (Lipinski definition) is 3. The molecule has 0 aromatic heterocycles. The average Bonchev–Trinajstić information content (AvgIpc) is 2.17. The molecule has 2 N–H and O–H groups in total. The Bertz CT molecular complexity index is 302. The summed E-state index contributed by atoms with van der Waals surface area (Å²) in [4.78, 5) is 0. The molecular weight excluding hydrogens is 190 g/mol. The maximum atomic E-state index is 5.85. The van der Waals surface area contributed by atoms with E-state index in [2.05, 4.69) is 6.07 Å². The minimum atomic E-state index is 0.320. The molecule has 1 aromatic rings. The third-order valence-electron chi connectivity index (χ3n) is 1.73. The number of ether oxygens (including phenoxy) is 2. The van der Waals surface area contributed by atoms with E-state index < -0.39 is 0 Å². The van der Waals surface area contributed by atoms with Crippen molar-refractivity contribution >= 4 is 11.6 Å². The number of hydrogen-bond donors (Lipinski definition) is 1. The normalized spacial score (nSPS) is 9.85. The van der Waals surface area contributed by atoms with E-state index in [1.807, 2.05) is 0 Å². The second kappa shape index (κ2) is 4.35. The zero-order valence-electron chi connectivity index (χ0n) is 7.56. The number of halogens is 1. The van der Waals surface area contributed by atoms with Crippen molar-refractivity contribution in [1.82, 2.24) is 0 Å². The first kappa shape index (κ1) is 10.2. The molecule has 1 rings (SSSR count). The Morgan fingerprint density at radius 3 is 2.62 bits per heavy atom. The highest BCUT2D eigenvalue weighted by atomic mass is 35.5. The maximum Gasteiger partial charge on any atom is 0.146 e. The minimum Gasteiger partial charge on any atom is -0.496 e. The highest BCUT2D eigenvalue weighted by molar-refractivity contribution is 6.32. The van der Waals surface area contributed by atoms with Gasteiger partial charge in [0.2, 0.25) is 0 Å². The molecule has 71 valence electrons. The monoisotopic (exact) mass is 200 g/mol. The van der Waals surface area contributed by atoms with Gasteiger partial charge >= 0.3 is 0 Å². The minimum absolute atomic E-state index is 0.320. The largest absolute Gasteiger partial charge is 0.496 e. The third-order valence-corrected chi connectivity index (χ3v) is 2.01. The van der Waals surface area contributed by atoms with Gasteiger partial charge in [-0.25, -0.2) is 0 Å². The van der Waals surface area contributed by atoms with E-state index in [1.165, 1.54) is 7.11 Å². The molecule has 0 saturated heterocycles. The fourth-order valence-corrected chi connectivity index (χ4v) is 1.36. The highest BCUT2D eigenvalue weighted by Gasteiger charge is 2.11. The smallest absolute Gasteiger partial charge is 0.146 e. The molecule has 1 radical (unpaired) electrons. The summed E-state index contributed by atoms with van der Waals surface area (Å²) < 4.78 is 10.2. The van der Waals surface area contributed by atoms with Gasteiger partial charge in [0.1, 0.15) is 11.5 Å². The topological polar surface area (TPSA) is 44.5 Å². The van der Waals surface area contributed by atoms with E-state index in [-0.39, 0.29) is 0 Å². The van der Waals surface area contributed by atoms with Gasteiger partial charge in [0.15, 0.2) is 0 Å². The zero-order chi connectivity index (χ0) is 9.84. The molecular formula is C9H11ClNO2. The van der Waals surface area contributed by atoms with Crippen LogP contribution in [0.1, 0.15) is 5.56 Å². The molecule has 0 amide bonds. The quantitative estimate of drug-likeness (QED) is 0.807. The van der Waals surface area contributed by atoms with E-state index >= 15 is 0 Å². The van der Waals surface area contributed by atoms with Crippen LogP contribution in [-0.2, 0) is 6.54 Å². The third kappa shape index (κ3) is 1.87. The molecule has 0 heterocycles. The number of rotatable bonds is 3. The molecule has 0 bridgehead atoms. The van der Waals surface area contributed by atoms with Crippen molar-refractivity contribution in [3.63, 3.8) is 0 Å². The fourth-order valence-electron chi connectivity index (χ4n) is 1.11. The average molecular weight is 201 g/mol. The lowest BCUT2D eigenvalue weighted by Crippen LogP contribution is -2.03. The Balaban J connectivity index is 3.27. The summed E-state index contributed by atoms with van der Waals surface area (Å²) in [7, 11) is 3.10. The van der Waals surface area contributed by atoms with Crippen molar-refractivity contribution in [3.8, 4) is 11.5 Å². The van der Waals surface area contributed by atoms with Crippen LogP contribution in [0.3, 0.4) is 0 Å². The molecule has 3 nitrogen and oxygen atoms in total. The van der Waals surface area contributed by atoms with Crippen LogP contribution in [0.15, 0.2) is 6.07 Å². The molecule has 0 unspecified atom stereocenters. The van der Waals surface area contributed by atoms with Crippen LogP contribution in [0.25, 0.3) is 0 Å². The van der Waals surface area contributed by atoms with Gasteiger partial charge in [-0.05, 0) is 6.07 Å². The van der Waals surface area contributed by atoms with Crippen molar-refractivity contribution in [3.05, 3.63) is 22.7 Å². The fraction of sp³-hybridized carbons (Fsp3) is 0.333. The van der Waals surface area contributed by atoms with Gasteiger partial charge in [-0.15, -0.1) is 0 Å². The lowest BCUT2D eigenvalue weighted by atomic mass is 10.2. The van der Waals surface area contributed by atoms with Crippen molar-refractivity contribution in [1.29, 1.82) is 0 Å².